The normalized spacial score (nSPS) is 11.6. The van der Waals surface area contributed by atoms with Crippen molar-refractivity contribution in [3.63, 3.8) is 0 Å². The third-order valence-corrected chi connectivity index (χ3v) is 2.08. The smallest absolute Gasteiger partial charge is 0.413 e. The Labute approximate surface area is 101 Å². The molecule has 0 aliphatic carbocycles. The van der Waals surface area contributed by atoms with E-state index in [1.165, 1.54) is 7.11 Å². The zero-order valence-electron chi connectivity index (χ0n) is 8.97. The van der Waals surface area contributed by atoms with Crippen molar-refractivity contribution in [2.75, 3.05) is 13.7 Å². The van der Waals surface area contributed by atoms with Crippen molar-refractivity contribution in [3.8, 4) is 5.75 Å². The van der Waals surface area contributed by atoms with Gasteiger partial charge >= 0.3 is 6.18 Å². The van der Waals surface area contributed by atoms with Crippen LogP contribution in [0.25, 0.3) is 0 Å². The summed E-state index contributed by atoms with van der Waals surface area (Å²) in [6.45, 7) is -1.28. The van der Waals surface area contributed by atoms with Gasteiger partial charge in [-0.25, -0.2) is 0 Å². The van der Waals surface area contributed by atoms with Crippen LogP contribution in [0.1, 0.15) is 5.56 Å². The SMILES string of the molecule is COc1ccc(Cl)cc1CNOCC(F)(F)F. The topological polar surface area (TPSA) is 30.5 Å². The van der Waals surface area contributed by atoms with E-state index >= 15 is 0 Å². The van der Waals surface area contributed by atoms with Crippen molar-refractivity contribution < 1.29 is 22.7 Å². The number of nitrogens with one attached hydrogen (secondary N) is 1. The molecule has 0 atom stereocenters. The zero-order valence-corrected chi connectivity index (χ0v) is 9.73. The molecule has 1 rings (SSSR count). The van der Waals surface area contributed by atoms with Gasteiger partial charge < -0.3 is 4.74 Å². The predicted molar refractivity (Wildman–Crippen MR) is 56.9 cm³/mol. The van der Waals surface area contributed by atoms with Gasteiger partial charge in [-0.15, -0.1) is 0 Å². The minimum absolute atomic E-state index is 0.0693. The number of hydrogen-bond donors (Lipinski definition) is 1. The summed E-state index contributed by atoms with van der Waals surface area (Å²) in [4.78, 5) is 4.27. The van der Waals surface area contributed by atoms with Crippen molar-refractivity contribution in [1.82, 2.24) is 5.48 Å². The second-order valence-electron chi connectivity index (χ2n) is 3.18. The summed E-state index contributed by atoms with van der Waals surface area (Å²) in [5.74, 6) is 0.525. The van der Waals surface area contributed by atoms with Crippen LogP contribution in [0.2, 0.25) is 5.02 Å². The zero-order chi connectivity index (χ0) is 12.9. The van der Waals surface area contributed by atoms with E-state index in [1.54, 1.807) is 18.2 Å². The lowest BCUT2D eigenvalue weighted by molar-refractivity contribution is -0.190. The van der Waals surface area contributed by atoms with Gasteiger partial charge in [0.1, 0.15) is 5.75 Å². The van der Waals surface area contributed by atoms with E-state index in [0.29, 0.717) is 16.3 Å². The molecule has 0 fully saturated rings. The molecule has 0 heterocycles. The van der Waals surface area contributed by atoms with Gasteiger partial charge in [0.2, 0.25) is 0 Å². The van der Waals surface area contributed by atoms with Gasteiger partial charge in [-0.1, -0.05) is 11.6 Å². The summed E-state index contributed by atoms with van der Waals surface area (Å²) in [5, 5.41) is 0.471. The van der Waals surface area contributed by atoms with Crippen LogP contribution in [0.5, 0.6) is 5.75 Å². The van der Waals surface area contributed by atoms with Crippen LogP contribution < -0.4 is 10.2 Å². The standard InChI is InChI=1S/C10H11ClF3NO2/c1-16-9-3-2-8(11)4-7(9)5-15-17-6-10(12,13)14/h2-4,15H,5-6H2,1H3. The van der Waals surface area contributed by atoms with Crippen molar-refractivity contribution in [2.24, 2.45) is 0 Å². The molecule has 1 N–H and O–H groups in total. The highest BCUT2D eigenvalue weighted by Gasteiger charge is 2.27. The number of alkyl halides is 3. The molecule has 17 heavy (non-hydrogen) atoms. The molecule has 0 bridgehead atoms. The molecular formula is C10H11ClF3NO2. The molecule has 7 heteroatoms. The minimum Gasteiger partial charge on any atom is -0.496 e. The van der Waals surface area contributed by atoms with Crippen molar-refractivity contribution in [2.45, 2.75) is 12.7 Å². The van der Waals surface area contributed by atoms with Gasteiger partial charge in [0.15, 0.2) is 6.61 Å². The number of hydrogen-bond acceptors (Lipinski definition) is 3. The molecule has 0 spiro atoms. The number of halogens is 4. The van der Waals surface area contributed by atoms with E-state index in [0.717, 1.165) is 0 Å². The second-order valence-corrected chi connectivity index (χ2v) is 3.62. The number of benzene rings is 1. The van der Waals surface area contributed by atoms with E-state index < -0.39 is 12.8 Å². The maximum absolute atomic E-state index is 11.8. The number of methoxy groups -OCH3 is 1. The Morgan fingerprint density at radius 3 is 2.65 bits per heavy atom. The molecule has 0 amide bonds. The van der Waals surface area contributed by atoms with Crippen LogP contribution in [-0.2, 0) is 11.4 Å². The fraction of sp³-hybridized carbons (Fsp3) is 0.400. The lowest BCUT2D eigenvalue weighted by Crippen LogP contribution is -2.24. The Morgan fingerprint density at radius 1 is 1.35 bits per heavy atom. The van der Waals surface area contributed by atoms with Gasteiger partial charge in [-0.05, 0) is 18.2 Å². The van der Waals surface area contributed by atoms with Crippen LogP contribution in [-0.4, -0.2) is 19.9 Å². The van der Waals surface area contributed by atoms with E-state index in [4.69, 9.17) is 16.3 Å². The highest BCUT2D eigenvalue weighted by atomic mass is 35.5. The first-order valence-corrected chi connectivity index (χ1v) is 5.04. The highest BCUT2D eigenvalue weighted by Crippen LogP contribution is 2.22. The first kappa shape index (κ1) is 14.1. The van der Waals surface area contributed by atoms with Crippen molar-refractivity contribution in [3.05, 3.63) is 28.8 Å². The van der Waals surface area contributed by atoms with Gasteiger partial charge in [0, 0.05) is 17.1 Å². The van der Waals surface area contributed by atoms with Crippen LogP contribution in [0.15, 0.2) is 18.2 Å². The Bertz CT molecular complexity index is 371. The fourth-order valence-electron chi connectivity index (χ4n) is 1.15. The average Bonchev–Trinajstić information content (AvgIpc) is 2.23. The van der Waals surface area contributed by atoms with Gasteiger partial charge in [0.05, 0.1) is 7.11 Å². The Kier molecular flexibility index (Phi) is 5.04. The minimum atomic E-state index is -4.36. The first-order chi connectivity index (χ1) is 7.92. The first-order valence-electron chi connectivity index (χ1n) is 4.66. The van der Waals surface area contributed by atoms with Crippen LogP contribution in [0.3, 0.4) is 0 Å². The van der Waals surface area contributed by atoms with Crippen LogP contribution >= 0.6 is 11.6 Å². The molecule has 0 radical (unpaired) electrons. The number of ether oxygens (including phenoxy) is 1. The molecule has 0 aliphatic rings. The van der Waals surface area contributed by atoms with Crippen LogP contribution in [0, 0.1) is 0 Å². The second kappa shape index (κ2) is 6.09. The molecule has 1 aromatic carbocycles. The number of hydroxylamine groups is 1. The van der Waals surface area contributed by atoms with E-state index in [2.05, 4.69) is 10.3 Å². The molecular weight excluding hydrogens is 259 g/mol. The third kappa shape index (κ3) is 5.25. The van der Waals surface area contributed by atoms with Crippen LogP contribution in [0.4, 0.5) is 13.2 Å². The van der Waals surface area contributed by atoms with E-state index in [-0.39, 0.29) is 6.54 Å². The predicted octanol–water partition coefficient (Wildman–Crippen LogP) is 2.93. The van der Waals surface area contributed by atoms with Gasteiger partial charge in [-0.2, -0.15) is 18.7 Å². The molecule has 0 saturated carbocycles. The van der Waals surface area contributed by atoms with Gasteiger partial charge in [0.25, 0.3) is 0 Å². The molecule has 96 valence electrons. The molecule has 3 nitrogen and oxygen atoms in total. The third-order valence-electron chi connectivity index (χ3n) is 1.84. The average molecular weight is 270 g/mol. The molecule has 0 saturated heterocycles. The van der Waals surface area contributed by atoms with Gasteiger partial charge in [-0.3, -0.25) is 4.84 Å². The largest absolute Gasteiger partial charge is 0.496 e. The molecule has 1 aromatic rings. The monoisotopic (exact) mass is 269 g/mol. The van der Waals surface area contributed by atoms with E-state index in [9.17, 15) is 13.2 Å². The maximum Gasteiger partial charge on any atom is 0.413 e. The Morgan fingerprint density at radius 2 is 2.06 bits per heavy atom. The molecule has 0 unspecified atom stereocenters. The number of rotatable bonds is 5. The summed E-state index contributed by atoms with van der Waals surface area (Å²) in [5.41, 5.74) is 2.81. The summed E-state index contributed by atoms with van der Waals surface area (Å²) in [6, 6.07) is 4.84. The summed E-state index contributed by atoms with van der Waals surface area (Å²) in [7, 11) is 1.46. The Balaban J connectivity index is 2.48. The molecule has 0 aliphatic heterocycles. The van der Waals surface area contributed by atoms with Crippen molar-refractivity contribution >= 4 is 11.6 Å². The summed E-state index contributed by atoms with van der Waals surface area (Å²) >= 11 is 5.76. The molecule has 0 aromatic heterocycles. The maximum atomic E-state index is 11.8. The lowest BCUT2D eigenvalue weighted by Gasteiger charge is -2.11. The quantitative estimate of drug-likeness (QED) is 0.658. The lowest BCUT2D eigenvalue weighted by atomic mass is 10.2. The summed E-state index contributed by atoms with van der Waals surface area (Å²) in [6.07, 6.45) is -4.36. The summed E-state index contributed by atoms with van der Waals surface area (Å²) < 4.78 is 40.4. The van der Waals surface area contributed by atoms with E-state index in [1.807, 2.05) is 0 Å². The van der Waals surface area contributed by atoms with Crippen molar-refractivity contribution in [1.29, 1.82) is 0 Å². The highest BCUT2D eigenvalue weighted by molar-refractivity contribution is 6.30. The fourth-order valence-corrected chi connectivity index (χ4v) is 1.34. The Hall–Kier alpha value is -0.980.